The number of hydrogen-bond acceptors (Lipinski definition) is 2. The molecule has 218 valence electrons. The lowest BCUT2D eigenvalue weighted by Crippen LogP contribution is -2.40. The van der Waals surface area contributed by atoms with Crippen molar-refractivity contribution in [2.75, 3.05) is 0 Å². The zero-order chi connectivity index (χ0) is 28.7. The lowest BCUT2D eigenvalue weighted by atomic mass is 9.92. The van der Waals surface area contributed by atoms with E-state index in [-0.39, 0.29) is 23.9 Å². The summed E-state index contributed by atoms with van der Waals surface area (Å²) in [6.45, 7) is 7.56. The molecule has 2 amide bonds. The van der Waals surface area contributed by atoms with Crippen molar-refractivity contribution in [2.24, 2.45) is 0 Å². The number of hydrogen-bond donors (Lipinski definition) is 2. The van der Waals surface area contributed by atoms with Gasteiger partial charge in [-0.2, -0.15) is 0 Å². The molecule has 40 heavy (non-hydrogen) atoms. The van der Waals surface area contributed by atoms with Gasteiger partial charge in [-0.3, -0.25) is 9.59 Å². The van der Waals surface area contributed by atoms with Crippen molar-refractivity contribution in [2.45, 2.75) is 115 Å². The van der Waals surface area contributed by atoms with Crippen LogP contribution < -0.4 is 10.6 Å². The van der Waals surface area contributed by atoms with E-state index in [1.807, 2.05) is 72.8 Å². The highest BCUT2D eigenvalue weighted by molar-refractivity contribution is 5.78. The molecule has 0 aliphatic heterocycles. The molecular weight excluding hydrogens is 492 g/mol. The highest BCUT2D eigenvalue weighted by Crippen LogP contribution is 2.29. The van der Waals surface area contributed by atoms with Crippen molar-refractivity contribution in [3.63, 3.8) is 0 Å². The fraction of sp³-hybridized carbons (Fsp3) is 0.500. The zero-order valence-corrected chi connectivity index (χ0v) is 24.6. The van der Waals surface area contributed by atoms with Crippen LogP contribution >= 0.6 is 0 Å². The van der Waals surface area contributed by atoms with Crippen molar-refractivity contribution in [1.29, 1.82) is 0 Å². The molecule has 0 radical (unpaired) electrons. The number of carbonyl (C=O) groups excluding carboxylic acids is 2. The molecule has 0 saturated heterocycles. The van der Waals surface area contributed by atoms with E-state index in [0.29, 0.717) is 12.8 Å². The Kier molecular flexibility index (Phi) is 17.9. The molecule has 4 heteroatoms. The van der Waals surface area contributed by atoms with Gasteiger partial charge in [0.2, 0.25) is 11.8 Å². The minimum Gasteiger partial charge on any atom is -0.347 e. The van der Waals surface area contributed by atoms with Gasteiger partial charge in [0.25, 0.3) is 0 Å². The minimum absolute atomic E-state index is 0.0344. The molecule has 2 rings (SSSR count). The van der Waals surface area contributed by atoms with Gasteiger partial charge in [-0.1, -0.05) is 124 Å². The average molecular weight is 545 g/mol. The third kappa shape index (κ3) is 14.3. The van der Waals surface area contributed by atoms with Crippen LogP contribution in [0.5, 0.6) is 0 Å². The van der Waals surface area contributed by atoms with Crippen molar-refractivity contribution in [3.05, 3.63) is 97.1 Å². The summed E-state index contributed by atoms with van der Waals surface area (Å²) in [6.07, 6.45) is 20.6. The standard InChI is InChI=1S/C36H52N2O2/c1-3-5-7-9-11-13-15-23-29-33(39)37-35(31-25-19-17-20-26-31)36(32-27-21-18-22-28-32)38-34(40)30-24-16-14-12-10-8-6-4-2/h3-4,17-22,25-28,35-36H,1-2,5-16,23-24,29-30H2,(H,37,39)(H,38,40). The second-order valence-electron chi connectivity index (χ2n) is 10.8. The highest BCUT2D eigenvalue weighted by Gasteiger charge is 2.27. The van der Waals surface area contributed by atoms with E-state index in [2.05, 4.69) is 23.8 Å². The summed E-state index contributed by atoms with van der Waals surface area (Å²) in [7, 11) is 0. The monoisotopic (exact) mass is 544 g/mol. The predicted octanol–water partition coefficient (Wildman–Crippen LogP) is 9.32. The van der Waals surface area contributed by atoms with Crippen molar-refractivity contribution >= 4 is 11.8 Å². The molecule has 0 aliphatic rings. The van der Waals surface area contributed by atoms with E-state index >= 15 is 0 Å². The number of nitrogens with one attached hydrogen (secondary N) is 2. The van der Waals surface area contributed by atoms with E-state index in [1.54, 1.807) is 0 Å². The first-order chi connectivity index (χ1) is 19.7. The summed E-state index contributed by atoms with van der Waals surface area (Å²) < 4.78 is 0. The topological polar surface area (TPSA) is 58.2 Å². The van der Waals surface area contributed by atoms with Gasteiger partial charge >= 0.3 is 0 Å². The number of rotatable bonds is 23. The molecule has 0 spiro atoms. The number of unbranched alkanes of at least 4 members (excludes halogenated alkanes) is 12. The first-order valence-corrected chi connectivity index (χ1v) is 15.6. The summed E-state index contributed by atoms with van der Waals surface area (Å²) in [5.41, 5.74) is 1.98. The van der Waals surface area contributed by atoms with Gasteiger partial charge in [0.05, 0.1) is 12.1 Å². The van der Waals surface area contributed by atoms with Crippen LogP contribution in [-0.2, 0) is 9.59 Å². The van der Waals surface area contributed by atoms with Crippen LogP contribution in [0.2, 0.25) is 0 Å². The number of carbonyl (C=O) groups is 2. The van der Waals surface area contributed by atoms with E-state index in [0.717, 1.165) is 62.5 Å². The Morgan fingerprint density at radius 3 is 1.20 bits per heavy atom. The second-order valence-corrected chi connectivity index (χ2v) is 10.8. The third-order valence-corrected chi connectivity index (χ3v) is 7.41. The Morgan fingerprint density at radius 2 is 0.850 bits per heavy atom. The predicted molar refractivity (Wildman–Crippen MR) is 169 cm³/mol. The quantitative estimate of drug-likeness (QED) is 0.108. The van der Waals surface area contributed by atoms with E-state index in [9.17, 15) is 9.59 Å². The minimum atomic E-state index is -0.344. The second kappa shape index (κ2) is 21.7. The lowest BCUT2D eigenvalue weighted by Gasteiger charge is -2.30. The van der Waals surface area contributed by atoms with Gasteiger partial charge in [-0.15, -0.1) is 13.2 Å². The van der Waals surface area contributed by atoms with E-state index in [4.69, 9.17) is 0 Å². The summed E-state index contributed by atoms with van der Waals surface area (Å²) in [4.78, 5) is 26.2. The number of amides is 2. The Balaban J connectivity index is 1.97. The summed E-state index contributed by atoms with van der Waals surface area (Å²) in [5.74, 6) is 0.0688. The molecule has 0 saturated carbocycles. The average Bonchev–Trinajstić information content (AvgIpc) is 2.98. The number of allylic oxidation sites excluding steroid dienone is 2. The van der Waals surface area contributed by atoms with Crippen molar-refractivity contribution < 1.29 is 9.59 Å². The maximum atomic E-state index is 13.1. The Labute approximate surface area is 243 Å². The lowest BCUT2D eigenvalue weighted by molar-refractivity contribution is -0.124. The van der Waals surface area contributed by atoms with E-state index < -0.39 is 0 Å². The normalized spacial score (nSPS) is 12.3. The first-order valence-electron chi connectivity index (χ1n) is 15.6. The molecule has 2 unspecified atom stereocenters. The molecule has 0 heterocycles. The van der Waals surface area contributed by atoms with E-state index in [1.165, 1.54) is 38.5 Å². The van der Waals surface area contributed by atoms with Crippen LogP contribution in [-0.4, -0.2) is 11.8 Å². The summed E-state index contributed by atoms with van der Waals surface area (Å²) in [6, 6.07) is 19.3. The molecule has 0 aliphatic carbocycles. The smallest absolute Gasteiger partial charge is 0.220 e. The number of benzene rings is 2. The fourth-order valence-electron chi connectivity index (χ4n) is 5.09. The molecular formula is C36H52N2O2. The SMILES string of the molecule is C=CCCCCCCCCC(=O)NC(c1ccccc1)C(NC(=O)CCCCCCCCC=C)c1ccccc1. The third-order valence-electron chi connectivity index (χ3n) is 7.41. The van der Waals surface area contributed by atoms with Crippen LogP contribution in [0, 0.1) is 0 Å². The van der Waals surface area contributed by atoms with Gasteiger partial charge in [0, 0.05) is 12.8 Å². The van der Waals surface area contributed by atoms with Crippen molar-refractivity contribution in [3.8, 4) is 0 Å². The molecule has 2 atom stereocenters. The van der Waals surface area contributed by atoms with Crippen molar-refractivity contribution in [1.82, 2.24) is 10.6 Å². The molecule has 0 aromatic heterocycles. The van der Waals surface area contributed by atoms with Crippen LogP contribution in [0.1, 0.15) is 126 Å². The Morgan fingerprint density at radius 1 is 0.525 bits per heavy atom. The largest absolute Gasteiger partial charge is 0.347 e. The van der Waals surface area contributed by atoms with Gasteiger partial charge < -0.3 is 10.6 Å². The molecule has 0 bridgehead atoms. The maximum absolute atomic E-state index is 13.1. The molecule has 4 nitrogen and oxygen atoms in total. The van der Waals surface area contributed by atoms with Crippen LogP contribution in [0.4, 0.5) is 0 Å². The summed E-state index contributed by atoms with van der Waals surface area (Å²) in [5, 5.41) is 6.57. The zero-order valence-electron chi connectivity index (χ0n) is 24.6. The Bertz CT molecular complexity index is 878. The first kappa shape index (κ1) is 33.1. The van der Waals surface area contributed by atoms with Crippen LogP contribution in [0.15, 0.2) is 86.0 Å². The van der Waals surface area contributed by atoms with Crippen LogP contribution in [0.3, 0.4) is 0 Å². The highest BCUT2D eigenvalue weighted by atomic mass is 16.2. The molecule has 0 fully saturated rings. The molecule has 2 aromatic carbocycles. The Hall–Kier alpha value is -3.14. The molecule has 2 aromatic rings. The fourth-order valence-corrected chi connectivity index (χ4v) is 5.09. The molecule has 2 N–H and O–H groups in total. The van der Waals surface area contributed by atoms with Gasteiger partial charge in [-0.25, -0.2) is 0 Å². The van der Waals surface area contributed by atoms with Gasteiger partial charge in [0.15, 0.2) is 0 Å². The summed E-state index contributed by atoms with van der Waals surface area (Å²) >= 11 is 0. The van der Waals surface area contributed by atoms with Crippen LogP contribution in [0.25, 0.3) is 0 Å². The maximum Gasteiger partial charge on any atom is 0.220 e. The van der Waals surface area contributed by atoms with Gasteiger partial charge in [0.1, 0.15) is 0 Å². The van der Waals surface area contributed by atoms with Gasteiger partial charge in [-0.05, 0) is 49.7 Å².